The summed E-state index contributed by atoms with van der Waals surface area (Å²) in [5.41, 5.74) is 2.38. The van der Waals surface area contributed by atoms with Gasteiger partial charge in [-0.1, -0.05) is 36.4 Å². The lowest BCUT2D eigenvalue weighted by Gasteiger charge is -2.29. The molecule has 2 heterocycles. The van der Waals surface area contributed by atoms with Gasteiger partial charge in [0, 0.05) is 35.8 Å². The maximum atomic E-state index is 13.8. The number of nitrogens with zero attached hydrogens (tertiary/aromatic N) is 3. The molecule has 0 saturated heterocycles. The Hall–Kier alpha value is -4.13. The Balaban J connectivity index is 1.72. The Morgan fingerprint density at radius 2 is 1.58 bits per heavy atom. The summed E-state index contributed by atoms with van der Waals surface area (Å²) < 4.78 is 12.0. The van der Waals surface area contributed by atoms with Crippen LogP contribution in [0.15, 0.2) is 71.5 Å². The average Bonchev–Trinajstić information content (AvgIpc) is 2.88. The molecule has 1 aliphatic rings. The lowest BCUT2D eigenvalue weighted by atomic mass is 10.0. The van der Waals surface area contributed by atoms with Crippen molar-refractivity contribution in [2.75, 3.05) is 25.7 Å². The Kier molecular flexibility index (Phi) is 5.30. The molecule has 0 atom stereocenters. The maximum Gasteiger partial charge on any atom is 0.279 e. The number of hydrogen-bond acceptors (Lipinski definition) is 5. The fourth-order valence-electron chi connectivity index (χ4n) is 4.31. The molecule has 0 bridgehead atoms. The van der Waals surface area contributed by atoms with E-state index < -0.39 is 0 Å². The van der Waals surface area contributed by atoms with Gasteiger partial charge in [-0.2, -0.15) is 9.78 Å². The van der Waals surface area contributed by atoms with E-state index in [4.69, 9.17) is 9.47 Å². The van der Waals surface area contributed by atoms with Gasteiger partial charge in [0.15, 0.2) is 5.69 Å². The molecule has 1 amide bonds. The second-order valence-corrected chi connectivity index (χ2v) is 7.87. The molecule has 4 aromatic rings. The van der Waals surface area contributed by atoms with Crippen LogP contribution in [0.1, 0.15) is 22.5 Å². The number of hydrogen-bond donors (Lipinski definition) is 0. The highest BCUT2D eigenvalue weighted by Crippen LogP contribution is 2.29. The summed E-state index contributed by atoms with van der Waals surface area (Å²) in [5, 5.41) is 5.52. The third-order valence-electron chi connectivity index (χ3n) is 5.94. The lowest BCUT2D eigenvalue weighted by molar-refractivity contribution is 0.0980. The minimum Gasteiger partial charge on any atom is -0.497 e. The predicted octanol–water partition coefficient (Wildman–Crippen LogP) is 4.00. The molecule has 33 heavy (non-hydrogen) atoms. The summed E-state index contributed by atoms with van der Waals surface area (Å²) in [6.45, 7) is 0.595. The molecule has 1 aromatic heterocycles. The summed E-state index contributed by atoms with van der Waals surface area (Å²) in [7, 11) is 3.08. The molecule has 0 N–H and O–H groups in total. The van der Waals surface area contributed by atoms with E-state index in [0.717, 1.165) is 24.1 Å². The summed E-state index contributed by atoms with van der Waals surface area (Å²) >= 11 is 0. The van der Waals surface area contributed by atoms with Gasteiger partial charge in [-0.25, -0.2) is 0 Å². The molecule has 7 nitrogen and oxygen atoms in total. The monoisotopic (exact) mass is 441 g/mol. The van der Waals surface area contributed by atoms with Crippen molar-refractivity contribution in [1.29, 1.82) is 0 Å². The Bertz CT molecular complexity index is 1400. The normalized spacial score (nSPS) is 13.0. The van der Waals surface area contributed by atoms with Crippen molar-refractivity contribution in [3.05, 3.63) is 88.3 Å². The molecule has 0 saturated carbocycles. The highest BCUT2D eigenvalue weighted by atomic mass is 16.5. The smallest absolute Gasteiger partial charge is 0.279 e. The number of amides is 1. The van der Waals surface area contributed by atoms with Crippen LogP contribution in [0.3, 0.4) is 0 Å². The first-order valence-corrected chi connectivity index (χ1v) is 10.8. The predicted molar refractivity (Wildman–Crippen MR) is 127 cm³/mol. The topological polar surface area (TPSA) is 73.7 Å². The van der Waals surface area contributed by atoms with Crippen molar-refractivity contribution in [3.63, 3.8) is 0 Å². The molecule has 0 unspecified atom stereocenters. The van der Waals surface area contributed by atoms with Gasteiger partial charge >= 0.3 is 0 Å². The number of para-hydroxylation sites is 1. The van der Waals surface area contributed by atoms with Gasteiger partial charge in [0.05, 0.1) is 25.3 Å². The van der Waals surface area contributed by atoms with Crippen molar-refractivity contribution in [3.8, 4) is 17.2 Å². The fourth-order valence-corrected chi connectivity index (χ4v) is 4.31. The van der Waals surface area contributed by atoms with Crippen molar-refractivity contribution >= 4 is 22.4 Å². The Morgan fingerprint density at radius 1 is 0.909 bits per heavy atom. The molecule has 0 radical (unpaired) electrons. The standard InChI is InChI=1S/C26H23N3O4/c1-32-19-14-18(15-20(16-19)33-2)29-25(30)22-11-5-4-10-21(22)24(27-29)26(31)28-13-7-9-17-8-3-6-12-23(17)28/h3-6,8,10-12,14-16H,7,9,13H2,1-2H3. The molecule has 1 aliphatic heterocycles. The summed E-state index contributed by atoms with van der Waals surface area (Å²) in [6.07, 6.45) is 1.80. The number of carbonyl (C=O) groups is 1. The molecule has 0 aliphatic carbocycles. The van der Waals surface area contributed by atoms with Gasteiger partial charge in [0.25, 0.3) is 11.5 Å². The highest BCUT2D eigenvalue weighted by molar-refractivity contribution is 6.12. The van der Waals surface area contributed by atoms with Gasteiger partial charge < -0.3 is 14.4 Å². The van der Waals surface area contributed by atoms with Crippen LogP contribution in [0, 0.1) is 0 Å². The third kappa shape index (κ3) is 3.61. The van der Waals surface area contributed by atoms with Crippen molar-refractivity contribution < 1.29 is 14.3 Å². The number of anilines is 1. The van der Waals surface area contributed by atoms with E-state index in [0.29, 0.717) is 34.5 Å². The van der Waals surface area contributed by atoms with Crippen LogP contribution in [0.2, 0.25) is 0 Å². The number of aromatic nitrogens is 2. The second kappa shape index (κ2) is 8.43. The molecular formula is C26H23N3O4. The number of methoxy groups -OCH3 is 2. The van der Waals surface area contributed by atoms with Gasteiger partial charge in [-0.05, 0) is 30.5 Å². The van der Waals surface area contributed by atoms with Crippen LogP contribution >= 0.6 is 0 Å². The maximum absolute atomic E-state index is 13.8. The minimum absolute atomic E-state index is 0.226. The largest absolute Gasteiger partial charge is 0.497 e. The number of benzene rings is 3. The average molecular weight is 441 g/mol. The molecule has 0 spiro atoms. The van der Waals surface area contributed by atoms with Crippen molar-refractivity contribution in [2.45, 2.75) is 12.8 Å². The second-order valence-electron chi connectivity index (χ2n) is 7.87. The minimum atomic E-state index is -0.323. The van der Waals surface area contributed by atoms with Crippen molar-refractivity contribution in [2.24, 2.45) is 0 Å². The summed E-state index contributed by atoms with van der Waals surface area (Å²) in [6, 6.07) is 20.1. The first-order valence-electron chi connectivity index (χ1n) is 10.8. The van der Waals surface area contributed by atoms with Gasteiger partial charge in [-0.3, -0.25) is 9.59 Å². The molecule has 5 rings (SSSR count). The summed E-state index contributed by atoms with van der Waals surface area (Å²) in [5.74, 6) is 0.801. The molecule has 7 heteroatoms. The summed E-state index contributed by atoms with van der Waals surface area (Å²) in [4.78, 5) is 28.9. The zero-order chi connectivity index (χ0) is 22.9. The SMILES string of the molecule is COc1cc(OC)cc(-n2nc(C(=O)N3CCCc4ccccc43)c3ccccc3c2=O)c1. The fraction of sp³-hybridized carbons (Fsp3) is 0.192. The lowest BCUT2D eigenvalue weighted by Crippen LogP contribution is -2.37. The Labute approximate surface area is 190 Å². The quantitative estimate of drug-likeness (QED) is 0.479. The van der Waals surface area contributed by atoms with E-state index in [1.54, 1.807) is 41.3 Å². The van der Waals surface area contributed by atoms with Gasteiger partial charge in [-0.15, -0.1) is 0 Å². The van der Waals surface area contributed by atoms with Crippen LogP contribution in [0.25, 0.3) is 16.5 Å². The third-order valence-corrected chi connectivity index (χ3v) is 5.94. The number of ether oxygens (including phenoxy) is 2. The Morgan fingerprint density at radius 3 is 2.30 bits per heavy atom. The van der Waals surface area contributed by atoms with Gasteiger partial charge in [0.1, 0.15) is 11.5 Å². The number of carbonyl (C=O) groups excluding carboxylic acids is 1. The number of fused-ring (bicyclic) bond motifs is 2. The first kappa shape index (κ1) is 20.8. The van der Waals surface area contributed by atoms with Crippen LogP contribution in [0.5, 0.6) is 11.5 Å². The van der Waals surface area contributed by atoms with E-state index in [1.807, 2.05) is 30.3 Å². The van der Waals surface area contributed by atoms with Crippen LogP contribution < -0.4 is 19.9 Å². The molecule has 0 fully saturated rings. The first-order chi connectivity index (χ1) is 16.1. The van der Waals surface area contributed by atoms with E-state index in [-0.39, 0.29) is 17.2 Å². The van der Waals surface area contributed by atoms with E-state index >= 15 is 0 Å². The van der Waals surface area contributed by atoms with Gasteiger partial charge in [0.2, 0.25) is 0 Å². The number of aryl methyl sites for hydroxylation is 1. The zero-order valence-electron chi connectivity index (χ0n) is 18.4. The van der Waals surface area contributed by atoms with E-state index in [1.165, 1.54) is 18.9 Å². The van der Waals surface area contributed by atoms with Crippen LogP contribution in [-0.4, -0.2) is 36.5 Å². The molecule has 3 aromatic carbocycles. The zero-order valence-corrected chi connectivity index (χ0v) is 18.4. The van der Waals surface area contributed by atoms with E-state index in [2.05, 4.69) is 5.10 Å². The van der Waals surface area contributed by atoms with Crippen molar-refractivity contribution in [1.82, 2.24) is 9.78 Å². The van der Waals surface area contributed by atoms with Crippen LogP contribution in [0.4, 0.5) is 5.69 Å². The molecule has 166 valence electrons. The molecular weight excluding hydrogens is 418 g/mol. The highest BCUT2D eigenvalue weighted by Gasteiger charge is 2.27. The van der Waals surface area contributed by atoms with Crippen LogP contribution in [-0.2, 0) is 6.42 Å². The number of rotatable bonds is 4. The van der Waals surface area contributed by atoms with E-state index in [9.17, 15) is 9.59 Å².